The Bertz CT molecular complexity index is 585. The van der Waals surface area contributed by atoms with Crippen LogP contribution in [0.1, 0.15) is 31.3 Å². The van der Waals surface area contributed by atoms with Gasteiger partial charge in [0.05, 0.1) is 11.7 Å². The average molecular weight is 300 g/mol. The summed E-state index contributed by atoms with van der Waals surface area (Å²) in [5, 5.41) is 3.32. The second-order valence-electron chi connectivity index (χ2n) is 5.63. The van der Waals surface area contributed by atoms with E-state index in [1.165, 1.54) is 17.0 Å². The van der Waals surface area contributed by atoms with Crippen molar-refractivity contribution >= 4 is 0 Å². The summed E-state index contributed by atoms with van der Waals surface area (Å²) < 4.78 is 2.21. The van der Waals surface area contributed by atoms with Crippen molar-refractivity contribution < 1.29 is 0 Å². The largest absolute Gasteiger partial charge is 0.331 e. The second kappa shape index (κ2) is 7.56. The molecule has 0 amide bonds. The number of nitrogens with one attached hydrogen (secondary N) is 1. The fourth-order valence-electron chi connectivity index (χ4n) is 3.02. The highest BCUT2D eigenvalue weighted by molar-refractivity contribution is 5.56. The molecular weight excluding hydrogens is 272 g/mol. The van der Waals surface area contributed by atoms with Gasteiger partial charge in [-0.15, -0.1) is 0 Å². The quantitative estimate of drug-likeness (QED) is 0.853. The molecule has 0 aliphatic heterocycles. The van der Waals surface area contributed by atoms with Gasteiger partial charge in [-0.3, -0.25) is 4.90 Å². The summed E-state index contributed by atoms with van der Waals surface area (Å²) in [7, 11) is 4.11. The maximum atomic E-state index is 5.00. The van der Waals surface area contributed by atoms with Crippen LogP contribution in [0.4, 0.5) is 0 Å². The number of nitrogens with zero attached hydrogens (tertiary/aromatic N) is 3. The summed E-state index contributed by atoms with van der Waals surface area (Å²) in [6.07, 6.45) is 0. The second-order valence-corrected chi connectivity index (χ2v) is 5.63. The van der Waals surface area contributed by atoms with Gasteiger partial charge in [-0.25, -0.2) is 4.98 Å². The van der Waals surface area contributed by atoms with E-state index in [-0.39, 0.29) is 0 Å². The van der Waals surface area contributed by atoms with Gasteiger partial charge in [-0.05, 0) is 27.1 Å². The van der Waals surface area contributed by atoms with Crippen molar-refractivity contribution in [2.24, 2.45) is 7.05 Å². The van der Waals surface area contributed by atoms with Gasteiger partial charge in [-0.1, -0.05) is 44.2 Å². The molecule has 0 saturated carbocycles. The number of imidazole rings is 1. The summed E-state index contributed by atoms with van der Waals surface area (Å²) in [4.78, 5) is 7.46. The van der Waals surface area contributed by atoms with Crippen LogP contribution in [0.3, 0.4) is 0 Å². The van der Waals surface area contributed by atoms with Crippen molar-refractivity contribution in [3.63, 3.8) is 0 Å². The van der Waals surface area contributed by atoms with Crippen molar-refractivity contribution in [1.29, 1.82) is 0 Å². The Morgan fingerprint density at radius 2 is 1.82 bits per heavy atom. The maximum absolute atomic E-state index is 5.00. The first-order valence-corrected chi connectivity index (χ1v) is 8.11. The Hall–Kier alpha value is -1.65. The topological polar surface area (TPSA) is 33.1 Å². The number of aromatic nitrogens is 2. The third-order valence-electron chi connectivity index (χ3n) is 4.42. The zero-order chi connectivity index (χ0) is 16.1. The molecule has 1 N–H and O–H groups in total. The van der Waals surface area contributed by atoms with E-state index in [0.29, 0.717) is 6.04 Å². The number of benzene rings is 1. The third kappa shape index (κ3) is 3.23. The van der Waals surface area contributed by atoms with Crippen molar-refractivity contribution in [2.45, 2.75) is 26.8 Å². The minimum atomic E-state index is 0.309. The lowest BCUT2D eigenvalue weighted by Gasteiger charge is -2.28. The molecule has 1 unspecified atom stereocenters. The van der Waals surface area contributed by atoms with Gasteiger partial charge in [0.1, 0.15) is 5.82 Å². The van der Waals surface area contributed by atoms with Crippen LogP contribution in [0.25, 0.3) is 11.4 Å². The molecule has 0 saturated heterocycles. The molecule has 0 spiro atoms. The van der Waals surface area contributed by atoms with Gasteiger partial charge < -0.3 is 9.88 Å². The first kappa shape index (κ1) is 16.7. The molecule has 2 rings (SSSR count). The van der Waals surface area contributed by atoms with E-state index >= 15 is 0 Å². The van der Waals surface area contributed by atoms with E-state index in [2.05, 4.69) is 66.9 Å². The predicted octanol–water partition coefficient (Wildman–Crippen LogP) is 3.00. The van der Waals surface area contributed by atoms with Crippen LogP contribution in [-0.4, -0.2) is 41.1 Å². The van der Waals surface area contributed by atoms with E-state index in [0.717, 1.165) is 25.5 Å². The van der Waals surface area contributed by atoms with Gasteiger partial charge in [-0.2, -0.15) is 0 Å². The molecule has 4 heteroatoms. The van der Waals surface area contributed by atoms with Crippen LogP contribution in [0.15, 0.2) is 30.3 Å². The van der Waals surface area contributed by atoms with E-state index in [1.54, 1.807) is 0 Å². The van der Waals surface area contributed by atoms with Crippen LogP contribution in [0.5, 0.6) is 0 Å². The molecule has 22 heavy (non-hydrogen) atoms. The number of likely N-dealkylation sites (N-methyl/N-ethyl adjacent to an activating group) is 2. The minimum absolute atomic E-state index is 0.309. The average Bonchev–Trinajstić information content (AvgIpc) is 2.84. The molecule has 0 radical (unpaired) electrons. The molecule has 1 atom stereocenters. The zero-order valence-electron chi connectivity index (χ0n) is 14.4. The van der Waals surface area contributed by atoms with Crippen LogP contribution < -0.4 is 5.32 Å². The van der Waals surface area contributed by atoms with Crippen LogP contribution in [0.2, 0.25) is 0 Å². The molecule has 0 fully saturated rings. The molecule has 4 nitrogen and oxygen atoms in total. The first-order chi connectivity index (χ1) is 10.6. The first-order valence-electron chi connectivity index (χ1n) is 8.11. The fourth-order valence-corrected chi connectivity index (χ4v) is 3.02. The molecule has 0 aliphatic carbocycles. The lowest BCUT2D eigenvalue weighted by Crippen LogP contribution is -2.35. The lowest BCUT2D eigenvalue weighted by molar-refractivity contribution is 0.212. The summed E-state index contributed by atoms with van der Waals surface area (Å²) in [5.74, 6) is 1.04. The number of hydrogen-bond acceptors (Lipinski definition) is 3. The van der Waals surface area contributed by atoms with Crippen molar-refractivity contribution in [2.75, 3.05) is 26.7 Å². The summed E-state index contributed by atoms with van der Waals surface area (Å²) >= 11 is 0. The number of hydrogen-bond donors (Lipinski definition) is 1. The van der Waals surface area contributed by atoms with E-state index < -0.39 is 0 Å². The minimum Gasteiger partial charge on any atom is -0.331 e. The highest BCUT2D eigenvalue weighted by Gasteiger charge is 2.24. The van der Waals surface area contributed by atoms with Gasteiger partial charge in [0.25, 0.3) is 0 Å². The Morgan fingerprint density at radius 1 is 1.18 bits per heavy atom. The molecule has 120 valence electrons. The van der Waals surface area contributed by atoms with Crippen LogP contribution >= 0.6 is 0 Å². The normalized spacial score (nSPS) is 12.8. The zero-order valence-corrected chi connectivity index (χ0v) is 14.4. The molecule has 0 aliphatic rings. The number of rotatable bonds is 7. The molecule has 1 aromatic heterocycles. The molecule has 0 bridgehead atoms. The Kier molecular flexibility index (Phi) is 5.75. The predicted molar refractivity (Wildman–Crippen MR) is 93.0 cm³/mol. The standard InChI is InChI=1S/C18H28N4/c1-6-22(7-2)16(13-19-4)17-14(3)21(5)18(20-17)15-11-9-8-10-12-15/h8-12,16,19H,6-7,13H2,1-5H3. The Labute approximate surface area is 134 Å². The van der Waals surface area contributed by atoms with E-state index in [4.69, 9.17) is 4.98 Å². The van der Waals surface area contributed by atoms with Gasteiger partial charge in [0.2, 0.25) is 0 Å². The molecule has 1 aromatic carbocycles. The fraction of sp³-hybridized carbons (Fsp3) is 0.500. The lowest BCUT2D eigenvalue weighted by atomic mass is 10.1. The summed E-state index contributed by atoms with van der Waals surface area (Å²) in [5.41, 5.74) is 3.59. The van der Waals surface area contributed by atoms with Crippen molar-refractivity contribution in [1.82, 2.24) is 19.8 Å². The molecule has 1 heterocycles. The molecule has 2 aromatic rings. The van der Waals surface area contributed by atoms with Gasteiger partial charge >= 0.3 is 0 Å². The highest BCUT2D eigenvalue weighted by atomic mass is 15.2. The van der Waals surface area contributed by atoms with E-state index in [9.17, 15) is 0 Å². The monoisotopic (exact) mass is 300 g/mol. The SMILES string of the molecule is CCN(CC)C(CNC)c1nc(-c2ccccc2)n(C)c1C. The van der Waals surface area contributed by atoms with Crippen LogP contribution in [0, 0.1) is 6.92 Å². The summed E-state index contributed by atoms with van der Waals surface area (Å²) in [6, 6.07) is 10.7. The smallest absolute Gasteiger partial charge is 0.140 e. The van der Waals surface area contributed by atoms with Crippen LogP contribution in [-0.2, 0) is 7.05 Å². The Morgan fingerprint density at radius 3 is 2.36 bits per heavy atom. The Balaban J connectivity index is 2.46. The van der Waals surface area contributed by atoms with Gasteiger partial charge in [0.15, 0.2) is 0 Å². The highest BCUT2D eigenvalue weighted by Crippen LogP contribution is 2.27. The van der Waals surface area contributed by atoms with Crippen molar-refractivity contribution in [3.8, 4) is 11.4 Å². The van der Waals surface area contributed by atoms with Crippen molar-refractivity contribution in [3.05, 3.63) is 41.7 Å². The van der Waals surface area contributed by atoms with E-state index in [1.807, 2.05) is 13.1 Å². The molecular formula is C18H28N4. The van der Waals surface area contributed by atoms with Gasteiger partial charge in [0, 0.05) is 24.8 Å². The third-order valence-corrected chi connectivity index (χ3v) is 4.42. The maximum Gasteiger partial charge on any atom is 0.140 e. The summed E-state index contributed by atoms with van der Waals surface area (Å²) in [6.45, 7) is 9.55.